The van der Waals surface area contributed by atoms with Crippen LogP contribution < -0.4 is 10.6 Å². The second kappa shape index (κ2) is 7.64. The number of aliphatic hydroxyl groups excluding tert-OH is 1. The molecule has 0 saturated carbocycles. The third kappa shape index (κ3) is 4.83. The molecule has 0 aliphatic rings. The summed E-state index contributed by atoms with van der Waals surface area (Å²) in [5, 5.41) is 23.5. The van der Waals surface area contributed by atoms with Crippen molar-refractivity contribution < 1.29 is 28.2 Å². The molecule has 0 aromatic carbocycles. The van der Waals surface area contributed by atoms with Crippen molar-refractivity contribution in [2.75, 3.05) is 19.7 Å². The van der Waals surface area contributed by atoms with Crippen LogP contribution in [0, 0.1) is 5.92 Å². The molecule has 0 bridgehead atoms. The van der Waals surface area contributed by atoms with Crippen molar-refractivity contribution >= 4 is 6.03 Å². The normalized spacial score (nSPS) is 15.8. The number of aromatic nitrogens is 2. The van der Waals surface area contributed by atoms with Gasteiger partial charge < -0.3 is 25.4 Å². The number of amides is 2. The van der Waals surface area contributed by atoms with Crippen LogP contribution in [0.15, 0.2) is 12.4 Å². The summed E-state index contributed by atoms with van der Waals surface area (Å²) < 4.78 is 40.7. The van der Waals surface area contributed by atoms with Crippen molar-refractivity contribution in [1.82, 2.24) is 20.2 Å². The number of carbonyl (C=O) groups excluding carboxylic acids is 1. The molecule has 0 radical (unpaired) electrons. The number of carbonyl (C=O) groups is 1. The summed E-state index contributed by atoms with van der Waals surface area (Å²) in [5.74, 6) is -0.707. The molecule has 4 N–H and O–H groups in total. The Balaban J connectivity index is 2.64. The number of halogens is 3. The average molecular weight is 338 g/mol. The van der Waals surface area contributed by atoms with E-state index in [4.69, 9.17) is 5.11 Å². The standard InChI is InChI=1S/C13H21F3N4O3/c1-9(8-21)7-19-11(22)18-4-3-12(23,13(14,15)16)10-17-5-6-20(10)2/h5-6,9,21,23H,3-4,7-8H2,1-2H3,(H2,18,19,22). The van der Waals surface area contributed by atoms with Gasteiger partial charge >= 0.3 is 12.2 Å². The van der Waals surface area contributed by atoms with Gasteiger partial charge in [0.25, 0.3) is 0 Å². The first kappa shape index (κ1) is 19.2. The summed E-state index contributed by atoms with van der Waals surface area (Å²) >= 11 is 0. The fraction of sp³-hybridized carbons (Fsp3) is 0.692. The SMILES string of the molecule is CC(CO)CNC(=O)NCCC(O)(c1nccn1C)C(F)(F)F. The third-order valence-corrected chi connectivity index (χ3v) is 3.36. The summed E-state index contributed by atoms with van der Waals surface area (Å²) in [6, 6.07) is -0.672. The van der Waals surface area contributed by atoms with Crippen LogP contribution in [-0.4, -0.2) is 51.7 Å². The van der Waals surface area contributed by atoms with Crippen LogP contribution in [0.1, 0.15) is 19.2 Å². The fourth-order valence-corrected chi connectivity index (χ4v) is 1.90. The van der Waals surface area contributed by atoms with Crippen molar-refractivity contribution in [1.29, 1.82) is 0 Å². The molecule has 2 amide bonds. The molecule has 0 saturated heterocycles. The molecule has 0 spiro atoms. The number of urea groups is 1. The van der Waals surface area contributed by atoms with Crippen LogP contribution in [0.4, 0.5) is 18.0 Å². The number of hydrogen-bond acceptors (Lipinski definition) is 4. The van der Waals surface area contributed by atoms with Crippen molar-refractivity contribution in [2.45, 2.75) is 25.1 Å². The molecule has 0 aliphatic carbocycles. The molecule has 1 aromatic heterocycles. The number of aryl methyl sites for hydroxylation is 1. The van der Waals surface area contributed by atoms with E-state index in [2.05, 4.69) is 15.6 Å². The lowest BCUT2D eigenvalue weighted by Crippen LogP contribution is -2.47. The predicted molar refractivity (Wildman–Crippen MR) is 75.4 cm³/mol. The van der Waals surface area contributed by atoms with Gasteiger partial charge in [-0.25, -0.2) is 9.78 Å². The van der Waals surface area contributed by atoms with Crippen LogP contribution in [0.5, 0.6) is 0 Å². The van der Waals surface area contributed by atoms with Crippen LogP contribution in [0.2, 0.25) is 0 Å². The van der Waals surface area contributed by atoms with Crippen molar-refractivity contribution in [3.05, 3.63) is 18.2 Å². The molecule has 10 heteroatoms. The average Bonchev–Trinajstić information content (AvgIpc) is 2.89. The molecule has 2 unspecified atom stereocenters. The van der Waals surface area contributed by atoms with Crippen molar-refractivity contribution in [3.63, 3.8) is 0 Å². The van der Waals surface area contributed by atoms with E-state index in [1.165, 1.54) is 13.2 Å². The number of aliphatic hydroxyl groups is 2. The fourth-order valence-electron chi connectivity index (χ4n) is 1.90. The van der Waals surface area contributed by atoms with Gasteiger partial charge in [0.2, 0.25) is 5.60 Å². The Kier molecular flexibility index (Phi) is 6.39. The molecule has 0 aliphatic heterocycles. The first-order valence-electron chi connectivity index (χ1n) is 7.01. The lowest BCUT2D eigenvalue weighted by Gasteiger charge is -2.30. The van der Waals surface area contributed by atoms with Gasteiger partial charge in [-0.1, -0.05) is 6.92 Å². The van der Waals surface area contributed by atoms with Gasteiger partial charge in [0.15, 0.2) is 0 Å². The zero-order valence-electron chi connectivity index (χ0n) is 12.9. The molecule has 1 heterocycles. The maximum atomic E-state index is 13.2. The lowest BCUT2D eigenvalue weighted by molar-refractivity contribution is -0.272. The highest BCUT2D eigenvalue weighted by atomic mass is 19.4. The van der Waals surface area contributed by atoms with E-state index in [1.54, 1.807) is 6.92 Å². The maximum Gasteiger partial charge on any atom is 0.424 e. The number of rotatable bonds is 7. The molecule has 23 heavy (non-hydrogen) atoms. The second-order valence-electron chi connectivity index (χ2n) is 5.39. The summed E-state index contributed by atoms with van der Waals surface area (Å²) in [6.07, 6.45) is -3.26. The first-order valence-corrected chi connectivity index (χ1v) is 7.01. The number of imidazole rings is 1. The highest BCUT2D eigenvalue weighted by Crippen LogP contribution is 2.40. The van der Waals surface area contributed by atoms with Crippen LogP contribution in [0.3, 0.4) is 0 Å². The summed E-state index contributed by atoms with van der Waals surface area (Å²) in [7, 11) is 1.34. The van der Waals surface area contributed by atoms with Crippen molar-refractivity contribution in [3.8, 4) is 0 Å². The minimum absolute atomic E-state index is 0.118. The van der Waals surface area contributed by atoms with Crippen LogP contribution >= 0.6 is 0 Å². The Morgan fingerprint density at radius 1 is 1.43 bits per heavy atom. The van der Waals surface area contributed by atoms with Gasteiger partial charge in [0, 0.05) is 45.6 Å². The molecule has 7 nitrogen and oxygen atoms in total. The molecule has 1 rings (SSSR count). The molecule has 1 aromatic rings. The van der Waals surface area contributed by atoms with Crippen LogP contribution in [-0.2, 0) is 12.6 Å². The van der Waals surface area contributed by atoms with Crippen molar-refractivity contribution in [2.24, 2.45) is 13.0 Å². The monoisotopic (exact) mass is 338 g/mol. The first-order chi connectivity index (χ1) is 10.6. The quantitative estimate of drug-likeness (QED) is 0.581. The number of nitrogens with zero attached hydrogens (tertiary/aromatic N) is 2. The summed E-state index contributed by atoms with van der Waals surface area (Å²) in [6.45, 7) is 1.37. The minimum atomic E-state index is -4.93. The predicted octanol–water partition coefficient (Wildman–Crippen LogP) is 0.488. The maximum absolute atomic E-state index is 13.2. The largest absolute Gasteiger partial charge is 0.424 e. The molecule has 0 fully saturated rings. The topological polar surface area (TPSA) is 99.4 Å². The Labute approximate surface area is 131 Å². The number of nitrogens with one attached hydrogen (secondary N) is 2. The zero-order valence-corrected chi connectivity index (χ0v) is 12.9. The zero-order chi connectivity index (χ0) is 17.7. The Morgan fingerprint density at radius 3 is 2.57 bits per heavy atom. The van der Waals surface area contributed by atoms with Gasteiger partial charge in [-0.3, -0.25) is 0 Å². The highest BCUT2D eigenvalue weighted by molar-refractivity contribution is 5.73. The third-order valence-electron chi connectivity index (χ3n) is 3.36. The molecule has 2 atom stereocenters. The van der Waals surface area contributed by atoms with E-state index in [1.807, 2.05) is 0 Å². The van der Waals surface area contributed by atoms with Gasteiger partial charge in [-0.05, 0) is 5.92 Å². The molecular formula is C13H21F3N4O3. The van der Waals surface area contributed by atoms with Gasteiger partial charge in [-0.2, -0.15) is 13.2 Å². The highest BCUT2D eigenvalue weighted by Gasteiger charge is 2.57. The van der Waals surface area contributed by atoms with E-state index in [-0.39, 0.29) is 19.1 Å². The van der Waals surface area contributed by atoms with Gasteiger partial charge in [-0.15, -0.1) is 0 Å². The van der Waals surface area contributed by atoms with E-state index in [0.29, 0.717) is 0 Å². The van der Waals surface area contributed by atoms with Gasteiger partial charge in [0.05, 0.1) is 0 Å². The van der Waals surface area contributed by atoms with Gasteiger partial charge in [0.1, 0.15) is 5.82 Å². The van der Waals surface area contributed by atoms with E-state index >= 15 is 0 Å². The Morgan fingerprint density at radius 2 is 2.09 bits per heavy atom. The summed E-state index contributed by atoms with van der Waals surface area (Å²) in [4.78, 5) is 15.0. The van der Waals surface area contributed by atoms with E-state index in [9.17, 15) is 23.1 Å². The minimum Gasteiger partial charge on any atom is -0.396 e. The smallest absolute Gasteiger partial charge is 0.396 e. The van der Waals surface area contributed by atoms with E-state index < -0.39 is 36.6 Å². The lowest BCUT2D eigenvalue weighted by atomic mass is 9.97. The van der Waals surface area contributed by atoms with Crippen LogP contribution in [0.25, 0.3) is 0 Å². The Hall–Kier alpha value is -1.81. The summed E-state index contributed by atoms with van der Waals surface area (Å²) in [5.41, 5.74) is -3.16. The Bertz CT molecular complexity index is 521. The van der Waals surface area contributed by atoms with E-state index in [0.717, 1.165) is 10.8 Å². The molecular weight excluding hydrogens is 317 g/mol. The number of hydrogen-bond donors (Lipinski definition) is 4. The second-order valence-corrected chi connectivity index (χ2v) is 5.39. The molecule has 132 valence electrons. The number of alkyl halides is 3.